The molecular weight excluding hydrogens is 465 g/mol. The van der Waals surface area contributed by atoms with Crippen LogP contribution in [0.25, 0.3) is 0 Å². The first-order chi connectivity index (χ1) is 15.4. The molecule has 1 fully saturated rings. The van der Waals surface area contributed by atoms with Gasteiger partial charge in [0.25, 0.3) is 0 Å². The van der Waals surface area contributed by atoms with Gasteiger partial charge in [0, 0.05) is 19.6 Å². The highest BCUT2D eigenvalue weighted by Crippen LogP contribution is 2.36. The molecule has 1 aromatic carbocycles. The quantitative estimate of drug-likeness (QED) is 0.645. The van der Waals surface area contributed by atoms with Crippen LogP contribution in [0.2, 0.25) is 0 Å². The molecule has 0 radical (unpaired) electrons. The van der Waals surface area contributed by atoms with Crippen LogP contribution in [0.5, 0.6) is 5.75 Å². The number of fused-ring (bicyclic) bond motifs is 2. The van der Waals surface area contributed by atoms with Crippen molar-refractivity contribution in [1.29, 1.82) is 0 Å². The van der Waals surface area contributed by atoms with Crippen LogP contribution in [-0.4, -0.2) is 84.9 Å². The van der Waals surface area contributed by atoms with E-state index in [-0.39, 0.29) is 23.6 Å². The van der Waals surface area contributed by atoms with Gasteiger partial charge >= 0.3 is 12.1 Å². The predicted molar refractivity (Wildman–Crippen MR) is 114 cm³/mol. The van der Waals surface area contributed by atoms with Crippen molar-refractivity contribution in [2.24, 2.45) is 5.92 Å². The van der Waals surface area contributed by atoms with Gasteiger partial charge in [0.15, 0.2) is 0 Å². The lowest BCUT2D eigenvalue weighted by Gasteiger charge is -2.32. The SMILES string of the molecule is CC(C)CCN1[C@H]2CCN(CCO)CC[C@@H]2Oc2ccccc2S1(=O)=O.O=C(O)C(F)(F)F. The Bertz CT molecular complexity index is 894. The second-order valence-corrected chi connectivity index (χ2v) is 10.3. The minimum absolute atomic E-state index is 0.119. The summed E-state index contributed by atoms with van der Waals surface area (Å²) in [7, 11) is -3.59. The number of likely N-dealkylation sites (tertiary alicyclic amines) is 1. The largest absolute Gasteiger partial charge is 0.490 e. The van der Waals surface area contributed by atoms with Crippen molar-refractivity contribution in [3.63, 3.8) is 0 Å². The lowest BCUT2D eigenvalue weighted by atomic mass is 10.0. The third-order valence-electron chi connectivity index (χ3n) is 5.57. The molecule has 1 saturated heterocycles. The molecular formula is C21H31F3N2O6S. The lowest BCUT2D eigenvalue weighted by molar-refractivity contribution is -0.192. The Hall–Kier alpha value is -1.89. The number of sulfonamides is 1. The summed E-state index contributed by atoms with van der Waals surface area (Å²) in [5, 5.41) is 16.4. The molecule has 1 aromatic rings. The summed E-state index contributed by atoms with van der Waals surface area (Å²) in [6.07, 6.45) is -2.95. The average molecular weight is 497 g/mol. The van der Waals surface area contributed by atoms with Gasteiger partial charge in [-0.3, -0.25) is 0 Å². The smallest absolute Gasteiger partial charge is 0.487 e. The maximum Gasteiger partial charge on any atom is 0.490 e. The second-order valence-electron chi connectivity index (χ2n) is 8.41. The summed E-state index contributed by atoms with van der Waals surface area (Å²) in [4.78, 5) is 11.4. The molecule has 2 aliphatic heterocycles. The summed E-state index contributed by atoms with van der Waals surface area (Å²) >= 11 is 0. The van der Waals surface area contributed by atoms with Gasteiger partial charge in [-0.25, -0.2) is 13.2 Å². The summed E-state index contributed by atoms with van der Waals surface area (Å²) in [5.74, 6) is -1.86. The Morgan fingerprint density at radius 2 is 1.79 bits per heavy atom. The van der Waals surface area contributed by atoms with Gasteiger partial charge in [0.05, 0.1) is 12.6 Å². The summed E-state index contributed by atoms with van der Waals surface area (Å²) in [6.45, 7) is 7.06. The number of ether oxygens (including phenoxy) is 1. The van der Waals surface area contributed by atoms with Crippen molar-refractivity contribution in [2.75, 3.05) is 32.8 Å². The average Bonchev–Trinajstić information content (AvgIpc) is 2.95. The van der Waals surface area contributed by atoms with E-state index in [0.29, 0.717) is 24.8 Å². The van der Waals surface area contributed by atoms with Crippen molar-refractivity contribution in [1.82, 2.24) is 9.21 Å². The van der Waals surface area contributed by atoms with Gasteiger partial charge in [-0.2, -0.15) is 17.5 Å². The van der Waals surface area contributed by atoms with Crippen molar-refractivity contribution in [2.45, 2.75) is 56.3 Å². The number of carboxylic acids is 1. The molecule has 0 unspecified atom stereocenters. The molecule has 2 atom stereocenters. The highest BCUT2D eigenvalue weighted by Gasteiger charge is 2.43. The monoisotopic (exact) mass is 496 g/mol. The van der Waals surface area contributed by atoms with E-state index in [1.165, 1.54) is 0 Å². The molecule has 3 rings (SSSR count). The Kier molecular flexibility index (Phi) is 9.53. The Morgan fingerprint density at radius 1 is 1.18 bits per heavy atom. The first-order valence-corrected chi connectivity index (χ1v) is 12.2. The number of rotatable bonds is 5. The third kappa shape index (κ3) is 7.29. The van der Waals surface area contributed by atoms with E-state index in [9.17, 15) is 26.7 Å². The van der Waals surface area contributed by atoms with Crippen LogP contribution >= 0.6 is 0 Å². The molecule has 188 valence electrons. The fourth-order valence-electron chi connectivity index (χ4n) is 3.85. The van der Waals surface area contributed by atoms with E-state index in [1.807, 2.05) is 6.07 Å². The minimum Gasteiger partial charge on any atom is -0.487 e. The summed E-state index contributed by atoms with van der Waals surface area (Å²) in [6, 6.07) is 6.81. The molecule has 0 aromatic heterocycles. The van der Waals surface area contributed by atoms with Crippen molar-refractivity contribution in [3.8, 4) is 5.75 Å². The molecule has 8 nitrogen and oxygen atoms in total. The molecule has 12 heteroatoms. The number of benzene rings is 1. The fraction of sp³-hybridized carbons (Fsp3) is 0.667. The van der Waals surface area contributed by atoms with Gasteiger partial charge in [0.1, 0.15) is 16.7 Å². The van der Waals surface area contributed by atoms with E-state index < -0.39 is 22.2 Å². The molecule has 0 saturated carbocycles. The highest BCUT2D eigenvalue weighted by molar-refractivity contribution is 7.89. The van der Waals surface area contributed by atoms with Crippen LogP contribution in [0.1, 0.15) is 33.1 Å². The second kappa shape index (κ2) is 11.5. The van der Waals surface area contributed by atoms with Crippen molar-refractivity contribution >= 4 is 16.0 Å². The number of nitrogens with zero attached hydrogens (tertiary/aromatic N) is 2. The number of aliphatic carboxylic acids is 1. The number of aliphatic hydroxyl groups is 1. The minimum atomic E-state index is -5.08. The molecule has 2 aliphatic rings. The number of hydrogen-bond donors (Lipinski definition) is 2. The lowest BCUT2D eigenvalue weighted by Crippen LogP contribution is -2.47. The van der Waals surface area contributed by atoms with Crippen LogP contribution in [0.15, 0.2) is 29.2 Å². The normalized spacial score (nSPS) is 23.2. The molecule has 0 amide bonds. The van der Waals surface area contributed by atoms with Gasteiger partial charge in [-0.15, -0.1) is 0 Å². The van der Waals surface area contributed by atoms with Crippen LogP contribution in [0.4, 0.5) is 13.2 Å². The maximum absolute atomic E-state index is 13.4. The Morgan fingerprint density at radius 3 is 2.36 bits per heavy atom. The molecule has 0 spiro atoms. The van der Waals surface area contributed by atoms with Crippen molar-refractivity contribution in [3.05, 3.63) is 24.3 Å². The molecule has 33 heavy (non-hydrogen) atoms. The van der Waals surface area contributed by atoms with Crippen LogP contribution in [0, 0.1) is 5.92 Å². The first kappa shape index (κ1) is 27.4. The molecule has 2 N–H and O–H groups in total. The zero-order chi connectivity index (χ0) is 24.8. The van der Waals surface area contributed by atoms with E-state index in [1.54, 1.807) is 22.5 Å². The number of halogens is 3. The van der Waals surface area contributed by atoms with Gasteiger partial charge in [0.2, 0.25) is 10.0 Å². The van der Waals surface area contributed by atoms with E-state index in [2.05, 4.69) is 18.7 Å². The number of carboxylic acid groups (broad SMARTS) is 1. The van der Waals surface area contributed by atoms with Crippen LogP contribution in [0.3, 0.4) is 0 Å². The zero-order valence-electron chi connectivity index (χ0n) is 18.7. The van der Waals surface area contributed by atoms with Gasteiger partial charge in [-0.05, 0) is 43.9 Å². The highest BCUT2D eigenvalue weighted by atomic mass is 32.2. The van der Waals surface area contributed by atoms with E-state index in [0.717, 1.165) is 32.4 Å². The number of hydrogen-bond acceptors (Lipinski definition) is 6. The van der Waals surface area contributed by atoms with Crippen LogP contribution < -0.4 is 4.74 Å². The number of para-hydroxylation sites is 1. The predicted octanol–water partition coefficient (Wildman–Crippen LogP) is 2.57. The Balaban J connectivity index is 0.000000479. The van der Waals surface area contributed by atoms with Crippen molar-refractivity contribution < 1.29 is 41.3 Å². The maximum atomic E-state index is 13.4. The first-order valence-electron chi connectivity index (χ1n) is 10.8. The number of aliphatic hydroxyl groups excluding tert-OH is 1. The van der Waals surface area contributed by atoms with Gasteiger partial charge < -0.3 is 19.8 Å². The number of β-amino-alcohol motifs (C(OH)–C–C–N with tert-alkyl or cyclic N) is 1. The summed E-state index contributed by atoms with van der Waals surface area (Å²) < 4.78 is 66.5. The third-order valence-corrected chi connectivity index (χ3v) is 7.53. The van der Waals surface area contributed by atoms with Crippen LogP contribution in [-0.2, 0) is 14.8 Å². The summed E-state index contributed by atoms with van der Waals surface area (Å²) in [5.41, 5.74) is 0. The topological polar surface area (TPSA) is 107 Å². The zero-order valence-corrected chi connectivity index (χ0v) is 19.5. The fourth-order valence-corrected chi connectivity index (χ4v) is 5.66. The number of alkyl halides is 3. The molecule has 0 bridgehead atoms. The number of carbonyl (C=O) groups is 1. The van der Waals surface area contributed by atoms with E-state index >= 15 is 0 Å². The van der Waals surface area contributed by atoms with Gasteiger partial charge in [-0.1, -0.05) is 26.0 Å². The molecule has 2 heterocycles. The molecule has 0 aliphatic carbocycles. The van der Waals surface area contributed by atoms with E-state index in [4.69, 9.17) is 14.6 Å². The Labute approximate surface area is 192 Å². The standard InChI is InChI=1S/C19H30N2O4S.C2HF3O2/c1-15(2)7-12-21-16-8-10-20(13-14-22)11-9-17(16)25-18-5-3-4-6-19(18)26(21,23)24;3-2(4,5)1(6)7/h3-6,15-17,22H,7-14H2,1-2H3;(H,6,7)/t16-,17-;/m0./s1.